The van der Waals surface area contributed by atoms with Crippen LogP contribution >= 0.6 is 12.4 Å². The van der Waals surface area contributed by atoms with E-state index in [-0.39, 0.29) is 18.4 Å². The summed E-state index contributed by atoms with van der Waals surface area (Å²) in [4.78, 5) is 15.1. The monoisotopic (exact) mass is 350 g/mol. The Labute approximate surface area is 152 Å². The molecule has 1 N–H and O–H groups in total. The molecule has 0 aromatic heterocycles. The average Bonchev–Trinajstić information content (AvgIpc) is 3.05. The lowest BCUT2D eigenvalue weighted by atomic mass is 9.84. The Kier molecular flexibility index (Phi) is 7.57. The van der Waals surface area contributed by atoms with E-state index in [2.05, 4.69) is 41.4 Å². The topological polar surface area (TPSA) is 32.3 Å². The van der Waals surface area contributed by atoms with Crippen molar-refractivity contribution in [2.75, 3.05) is 19.6 Å². The number of rotatable bonds is 7. The number of carbonyl (C=O) groups excluding carboxylic acids is 1. The Morgan fingerprint density at radius 2 is 1.96 bits per heavy atom. The molecule has 1 aliphatic heterocycles. The van der Waals surface area contributed by atoms with Gasteiger partial charge in [-0.2, -0.15) is 0 Å². The molecule has 1 aromatic carbocycles. The van der Waals surface area contributed by atoms with Crippen molar-refractivity contribution < 1.29 is 4.79 Å². The molecule has 2 unspecified atom stereocenters. The third-order valence-electron chi connectivity index (χ3n) is 5.68. The van der Waals surface area contributed by atoms with Crippen molar-refractivity contribution in [1.29, 1.82) is 0 Å². The van der Waals surface area contributed by atoms with Crippen LogP contribution in [-0.4, -0.2) is 30.4 Å². The summed E-state index contributed by atoms with van der Waals surface area (Å²) in [6, 6.07) is 10.7. The maximum absolute atomic E-state index is 12.9. The fraction of sp³-hybridized carbons (Fsp3) is 0.650. The third kappa shape index (κ3) is 4.97. The number of benzene rings is 1. The van der Waals surface area contributed by atoms with Gasteiger partial charge in [-0.05, 0) is 63.1 Å². The molecule has 2 aliphatic rings. The summed E-state index contributed by atoms with van der Waals surface area (Å²) in [7, 11) is 0. The predicted octanol–water partition coefficient (Wildman–Crippen LogP) is 4.19. The number of nitrogens with zero attached hydrogens (tertiary/aromatic N) is 1. The van der Waals surface area contributed by atoms with Crippen LogP contribution in [0.5, 0.6) is 0 Å². The van der Waals surface area contributed by atoms with Crippen LogP contribution in [0.2, 0.25) is 0 Å². The summed E-state index contributed by atoms with van der Waals surface area (Å²) in [6.45, 7) is 5.33. The molecule has 24 heavy (non-hydrogen) atoms. The molecule has 0 spiro atoms. The van der Waals surface area contributed by atoms with Gasteiger partial charge in [0.25, 0.3) is 0 Å². The highest BCUT2D eigenvalue weighted by molar-refractivity contribution is 5.85. The van der Waals surface area contributed by atoms with Crippen LogP contribution in [0.3, 0.4) is 0 Å². The molecule has 0 radical (unpaired) electrons. The van der Waals surface area contributed by atoms with E-state index in [9.17, 15) is 4.79 Å². The van der Waals surface area contributed by atoms with E-state index < -0.39 is 0 Å². The van der Waals surface area contributed by atoms with Crippen molar-refractivity contribution in [3.63, 3.8) is 0 Å². The first-order valence-corrected chi connectivity index (χ1v) is 9.29. The molecule has 2 fully saturated rings. The van der Waals surface area contributed by atoms with E-state index in [0.717, 1.165) is 32.0 Å². The molecule has 134 valence electrons. The first-order chi connectivity index (χ1) is 11.2. The molecule has 1 saturated heterocycles. The van der Waals surface area contributed by atoms with Crippen LogP contribution in [0.15, 0.2) is 30.3 Å². The van der Waals surface area contributed by atoms with Crippen LogP contribution in [0, 0.1) is 11.8 Å². The van der Waals surface area contributed by atoms with E-state index in [1.807, 2.05) is 6.07 Å². The zero-order chi connectivity index (χ0) is 16.1. The van der Waals surface area contributed by atoms with E-state index in [1.165, 1.54) is 31.2 Å². The Balaban J connectivity index is 0.00000208. The quantitative estimate of drug-likeness (QED) is 0.799. The zero-order valence-corrected chi connectivity index (χ0v) is 15.6. The Bertz CT molecular complexity index is 498. The number of carbonyl (C=O) groups is 1. The Hall–Kier alpha value is -1.06. The van der Waals surface area contributed by atoms with Crippen LogP contribution in [0.25, 0.3) is 0 Å². The molecule has 1 aromatic rings. The first kappa shape index (κ1) is 19.3. The highest BCUT2D eigenvalue weighted by Crippen LogP contribution is 2.31. The second kappa shape index (κ2) is 9.43. The number of amides is 1. The van der Waals surface area contributed by atoms with Gasteiger partial charge in [0, 0.05) is 13.0 Å². The lowest BCUT2D eigenvalue weighted by Gasteiger charge is -2.36. The van der Waals surface area contributed by atoms with Crippen molar-refractivity contribution in [2.24, 2.45) is 11.8 Å². The summed E-state index contributed by atoms with van der Waals surface area (Å²) in [5.41, 5.74) is 1.25. The van der Waals surface area contributed by atoms with Crippen LogP contribution in [0.4, 0.5) is 0 Å². The van der Waals surface area contributed by atoms with Gasteiger partial charge in [-0.25, -0.2) is 0 Å². The molecule has 4 heteroatoms. The third-order valence-corrected chi connectivity index (χ3v) is 5.68. The first-order valence-electron chi connectivity index (χ1n) is 9.29. The van der Waals surface area contributed by atoms with Gasteiger partial charge in [0.1, 0.15) is 0 Å². The molecular formula is C20H31ClN2O. The fourth-order valence-electron chi connectivity index (χ4n) is 3.77. The normalized spacial score (nSPS) is 21.6. The van der Waals surface area contributed by atoms with E-state index in [1.54, 1.807) is 0 Å². The summed E-state index contributed by atoms with van der Waals surface area (Å²) in [5.74, 6) is 1.76. The largest absolute Gasteiger partial charge is 0.336 e. The molecular weight excluding hydrogens is 320 g/mol. The Morgan fingerprint density at radius 1 is 1.21 bits per heavy atom. The average molecular weight is 351 g/mol. The molecule has 2 atom stereocenters. The van der Waals surface area contributed by atoms with Crippen molar-refractivity contribution in [3.05, 3.63) is 35.9 Å². The van der Waals surface area contributed by atoms with E-state index in [0.29, 0.717) is 18.2 Å². The minimum absolute atomic E-state index is 0. The number of halogens is 1. The van der Waals surface area contributed by atoms with Gasteiger partial charge in [-0.3, -0.25) is 4.79 Å². The highest BCUT2D eigenvalue weighted by Gasteiger charge is 2.28. The molecule has 1 saturated carbocycles. The van der Waals surface area contributed by atoms with Gasteiger partial charge in [0.2, 0.25) is 5.91 Å². The molecule has 1 amide bonds. The second-order valence-corrected chi connectivity index (χ2v) is 7.33. The number of nitrogens with one attached hydrogen (secondary N) is 1. The van der Waals surface area contributed by atoms with Crippen LogP contribution in [-0.2, 0) is 4.79 Å². The molecule has 3 nitrogen and oxygen atoms in total. The highest BCUT2D eigenvalue weighted by atomic mass is 35.5. The minimum atomic E-state index is 0. The predicted molar refractivity (Wildman–Crippen MR) is 101 cm³/mol. The van der Waals surface area contributed by atoms with Crippen LogP contribution in [0.1, 0.15) is 57.1 Å². The fourth-order valence-corrected chi connectivity index (χ4v) is 3.77. The maximum atomic E-state index is 12.9. The maximum Gasteiger partial charge on any atom is 0.223 e. The molecule has 3 rings (SSSR count). The van der Waals surface area contributed by atoms with Gasteiger partial charge in [0.15, 0.2) is 0 Å². The summed E-state index contributed by atoms with van der Waals surface area (Å²) in [5, 5.41) is 3.40. The van der Waals surface area contributed by atoms with Gasteiger partial charge >= 0.3 is 0 Å². The van der Waals surface area contributed by atoms with Crippen molar-refractivity contribution in [2.45, 2.75) is 51.5 Å². The van der Waals surface area contributed by atoms with Crippen molar-refractivity contribution in [1.82, 2.24) is 10.2 Å². The van der Waals surface area contributed by atoms with E-state index in [4.69, 9.17) is 0 Å². The SMILES string of the molecule is CC(c1ccccc1)N(CC1CCC1)C(=O)CCC1CCNC1.Cl. The Morgan fingerprint density at radius 3 is 2.54 bits per heavy atom. The van der Waals surface area contributed by atoms with Crippen molar-refractivity contribution in [3.8, 4) is 0 Å². The van der Waals surface area contributed by atoms with Crippen molar-refractivity contribution >= 4 is 18.3 Å². The standard InChI is InChI=1S/C20H30N2O.ClH/c1-16(19-8-3-2-4-9-19)22(15-18-6-5-7-18)20(23)11-10-17-12-13-21-14-17;/h2-4,8-9,16-18,21H,5-7,10-15H2,1H3;1H. The lowest BCUT2D eigenvalue weighted by Crippen LogP contribution is -2.39. The summed E-state index contributed by atoms with van der Waals surface area (Å²) in [6.07, 6.45) is 6.88. The summed E-state index contributed by atoms with van der Waals surface area (Å²) >= 11 is 0. The molecule has 1 aliphatic carbocycles. The smallest absolute Gasteiger partial charge is 0.223 e. The van der Waals surface area contributed by atoms with E-state index >= 15 is 0 Å². The van der Waals surface area contributed by atoms with Gasteiger partial charge < -0.3 is 10.2 Å². The number of hydrogen-bond donors (Lipinski definition) is 1. The second-order valence-electron chi connectivity index (χ2n) is 7.33. The van der Waals surface area contributed by atoms with Gasteiger partial charge in [-0.1, -0.05) is 36.8 Å². The van der Waals surface area contributed by atoms with Gasteiger partial charge in [-0.15, -0.1) is 12.4 Å². The molecule has 0 bridgehead atoms. The van der Waals surface area contributed by atoms with Gasteiger partial charge in [0.05, 0.1) is 6.04 Å². The molecule has 1 heterocycles. The summed E-state index contributed by atoms with van der Waals surface area (Å²) < 4.78 is 0. The lowest BCUT2D eigenvalue weighted by molar-refractivity contribution is -0.135. The minimum Gasteiger partial charge on any atom is -0.336 e. The zero-order valence-electron chi connectivity index (χ0n) is 14.7. The van der Waals surface area contributed by atoms with Crippen LogP contribution < -0.4 is 5.32 Å². The number of hydrogen-bond acceptors (Lipinski definition) is 2.